The van der Waals surface area contributed by atoms with Crippen molar-refractivity contribution in [2.45, 2.75) is 17.7 Å². The van der Waals surface area contributed by atoms with Crippen molar-refractivity contribution in [3.63, 3.8) is 0 Å². The molecule has 0 saturated carbocycles. The van der Waals surface area contributed by atoms with E-state index in [0.717, 1.165) is 13.0 Å². The number of hydrogen-bond donors (Lipinski definition) is 0. The Bertz CT molecular complexity index is 196. The molecule has 2 unspecified atom stereocenters. The molecule has 0 spiro atoms. The average molecular weight is 202 g/mol. The number of carbonyl (C=O) groups is 1. The minimum Gasteiger partial charge on any atom is -0.347 e. The van der Waals surface area contributed by atoms with Crippen LogP contribution in [0.15, 0.2) is 0 Å². The summed E-state index contributed by atoms with van der Waals surface area (Å²) in [6.45, 7) is 1.03. The van der Waals surface area contributed by atoms with Crippen molar-refractivity contribution in [1.29, 1.82) is 0 Å². The van der Waals surface area contributed by atoms with Gasteiger partial charge >= 0.3 is 0 Å². The third-order valence-corrected chi connectivity index (χ3v) is 3.58. The molecule has 1 amide bonds. The molecule has 0 aromatic rings. The third-order valence-electron chi connectivity index (χ3n) is 2.57. The second kappa shape index (κ2) is 4.33. The first kappa shape index (κ1) is 10.9. The van der Waals surface area contributed by atoms with E-state index >= 15 is 0 Å². The minimum absolute atomic E-state index is 0.104. The molecule has 3 nitrogen and oxygen atoms in total. The molecule has 0 aromatic heterocycles. The lowest BCUT2D eigenvalue weighted by Crippen LogP contribution is -2.40. The SMILES string of the molecule is CSC1CC(C(=O)N(C)C)N(C)C1. The second-order valence-corrected chi connectivity index (χ2v) is 4.92. The van der Waals surface area contributed by atoms with Gasteiger partial charge in [-0.25, -0.2) is 0 Å². The van der Waals surface area contributed by atoms with E-state index in [1.165, 1.54) is 0 Å². The molecule has 1 aliphatic rings. The number of likely N-dealkylation sites (tertiary alicyclic amines) is 1. The van der Waals surface area contributed by atoms with Crippen molar-refractivity contribution in [2.24, 2.45) is 0 Å². The number of rotatable bonds is 2. The molecule has 0 aliphatic carbocycles. The lowest BCUT2D eigenvalue weighted by atomic mass is 10.2. The maximum Gasteiger partial charge on any atom is 0.239 e. The predicted octanol–water partition coefficient (Wildman–Crippen LogP) is 0.510. The number of hydrogen-bond acceptors (Lipinski definition) is 3. The van der Waals surface area contributed by atoms with Crippen molar-refractivity contribution in [1.82, 2.24) is 9.80 Å². The molecule has 0 N–H and O–H groups in total. The van der Waals surface area contributed by atoms with Gasteiger partial charge in [0.25, 0.3) is 0 Å². The zero-order valence-corrected chi connectivity index (χ0v) is 9.60. The van der Waals surface area contributed by atoms with E-state index in [4.69, 9.17) is 0 Å². The lowest BCUT2D eigenvalue weighted by Gasteiger charge is -2.21. The standard InChI is InChI=1S/C9H18N2OS/c1-10(2)9(12)8-5-7(13-4)6-11(8)3/h7-8H,5-6H2,1-4H3. The van der Waals surface area contributed by atoms with E-state index in [1.807, 2.05) is 32.9 Å². The van der Waals surface area contributed by atoms with Crippen LogP contribution in [0.4, 0.5) is 0 Å². The Balaban J connectivity index is 2.57. The first-order valence-electron chi connectivity index (χ1n) is 4.50. The molecule has 1 fully saturated rings. The average Bonchev–Trinajstić information content (AvgIpc) is 2.45. The Labute approximate surface area is 84.5 Å². The highest BCUT2D eigenvalue weighted by Crippen LogP contribution is 2.25. The van der Waals surface area contributed by atoms with Gasteiger partial charge in [0.1, 0.15) is 0 Å². The molecule has 0 bridgehead atoms. The molecule has 1 rings (SSSR count). The topological polar surface area (TPSA) is 23.6 Å². The molecular formula is C9H18N2OS. The van der Waals surface area contributed by atoms with E-state index in [9.17, 15) is 4.79 Å². The van der Waals surface area contributed by atoms with Crippen molar-refractivity contribution in [3.8, 4) is 0 Å². The molecule has 1 saturated heterocycles. The van der Waals surface area contributed by atoms with Crippen LogP contribution in [0.1, 0.15) is 6.42 Å². The highest BCUT2D eigenvalue weighted by Gasteiger charge is 2.34. The molecule has 4 heteroatoms. The summed E-state index contributed by atoms with van der Waals surface area (Å²) < 4.78 is 0. The van der Waals surface area contributed by atoms with Crippen LogP contribution in [0.5, 0.6) is 0 Å². The van der Waals surface area contributed by atoms with Crippen LogP contribution < -0.4 is 0 Å². The lowest BCUT2D eigenvalue weighted by molar-refractivity contribution is -0.132. The van der Waals surface area contributed by atoms with Gasteiger partial charge in [0.2, 0.25) is 5.91 Å². The number of likely N-dealkylation sites (N-methyl/N-ethyl adjacent to an activating group) is 2. The predicted molar refractivity (Wildman–Crippen MR) is 57.0 cm³/mol. The van der Waals surface area contributed by atoms with Gasteiger partial charge in [0, 0.05) is 25.9 Å². The van der Waals surface area contributed by atoms with Crippen LogP contribution in [0, 0.1) is 0 Å². The fourth-order valence-electron chi connectivity index (χ4n) is 1.71. The van der Waals surface area contributed by atoms with Crippen LogP contribution >= 0.6 is 11.8 Å². The Morgan fingerprint density at radius 3 is 2.54 bits per heavy atom. The normalized spacial score (nSPS) is 29.2. The van der Waals surface area contributed by atoms with Gasteiger partial charge < -0.3 is 4.90 Å². The Hall–Kier alpha value is -0.220. The summed E-state index contributed by atoms with van der Waals surface area (Å²) in [4.78, 5) is 15.5. The van der Waals surface area contributed by atoms with Crippen molar-refractivity contribution >= 4 is 17.7 Å². The van der Waals surface area contributed by atoms with Crippen LogP contribution in [-0.2, 0) is 4.79 Å². The number of nitrogens with zero attached hydrogens (tertiary/aromatic N) is 2. The molecule has 1 heterocycles. The summed E-state index contributed by atoms with van der Waals surface area (Å²) in [6, 6.07) is 0.104. The number of amides is 1. The van der Waals surface area contributed by atoms with E-state index in [0.29, 0.717) is 5.25 Å². The van der Waals surface area contributed by atoms with Gasteiger partial charge in [-0.2, -0.15) is 11.8 Å². The molecule has 2 atom stereocenters. The number of carbonyl (C=O) groups excluding carboxylic acids is 1. The molecular weight excluding hydrogens is 184 g/mol. The van der Waals surface area contributed by atoms with Gasteiger partial charge in [-0.3, -0.25) is 9.69 Å². The van der Waals surface area contributed by atoms with Crippen molar-refractivity contribution < 1.29 is 4.79 Å². The summed E-state index contributed by atoms with van der Waals surface area (Å²) >= 11 is 1.86. The third kappa shape index (κ3) is 2.38. The highest BCUT2D eigenvalue weighted by molar-refractivity contribution is 7.99. The minimum atomic E-state index is 0.104. The van der Waals surface area contributed by atoms with Gasteiger partial charge in [0.15, 0.2) is 0 Å². The van der Waals surface area contributed by atoms with E-state index in [1.54, 1.807) is 4.90 Å². The van der Waals surface area contributed by atoms with Crippen LogP contribution in [0.3, 0.4) is 0 Å². The quantitative estimate of drug-likeness (QED) is 0.652. The summed E-state index contributed by atoms with van der Waals surface area (Å²) in [7, 11) is 5.67. The maximum absolute atomic E-state index is 11.7. The van der Waals surface area contributed by atoms with E-state index in [-0.39, 0.29) is 11.9 Å². The van der Waals surface area contributed by atoms with Gasteiger partial charge in [0.05, 0.1) is 6.04 Å². The van der Waals surface area contributed by atoms with E-state index < -0.39 is 0 Å². The van der Waals surface area contributed by atoms with Crippen LogP contribution in [0.25, 0.3) is 0 Å². The zero-order chi connectivity index (χ0) is 10.0. The summed E-state index contributed by atoms with van der Waals surface area (Å²) in [5.74, 6) is 0.235. The van der Waals surface area contributed by atoms with Gasteiger partial charge in [-0.05, 0) is 19.7 Å². The Morgan fingerprint density at radius 2 is 2.15 bits per heavy atom. The summed E-state index contributed by atoms with van der Waals surface area (Å²) in [6.07, 6.45) is 3.11. The largest absolute Gasteiger partial charge is 0.347 e. The first-order chi connectivity index (χ1) is 6.06. The Morgan fingerprint density at radius 1 is 1.54 bits per heavy atom. The fourth-order valence-corrected chi connectivity index (χ4v) is 2.47. The second-order valence-electron chi connectivity index (χ2n) is 3.78. The van der Waals surface area contributed by atoms with Gasteiger partial charge in [-0.15, -0.1) is 0 Å². The smallest absolute Gasteiger partial charge is 0.239 e. The molecule has 0 radical (unpaired) electrons. The first-order valence-corrected chi connectivity index (χ1v) is 5.79. The monoisotopic (exact) mass is 202 g/mol. The van der Waals surface area contributed by atoms with Crippen LogP contribution in [-0.4, -0.2) is 60.9 Å². The number of thioether (sulfide) groups is 1. The highest BCUT2D eigenvalue weighted by atomic mass is 32.2. The van der Waals surface area contributed by atoms with Crippen LogP contribution in [0.2, 0.25) is 0 Å². The van der Waals surface area contributed by atoms with Crippen molar-refractivity contribution in [3.05, 3.63) is 0 Å². The molecule has 1 aliphatic heterocycles. The summed E-state index contributed by atoms with van der Waals surface area (Å²) in [5.41, 5.74) is 0. The van der Waals surface area contributed by atoms with E-state index in [2.05, 4.69) is 11.2 Å². The molecule has 76 valence electrons. The maximum atomic E-state index is 11.7. The molecule has 0 aromatic carbocycles. The molecule has 13 heavy (non-hydrogen) atoms. The van der Waals surface area contributed by atoms with Gasteiger partial charge in [-0.1, -0.05) is 0 Å². The fraction of sp³-hybridized carbons (Fsp3) is 0.889. The summed E-state index contributed by atoms with van der Waals surface area (Å²) in [5, 5.41) is 0.624. The zero-order valence-electron chi connectivity index (χ0n) is 8.78. The Kier molecular flexibility index (Phi) is 3.62. The van der Waals surface area contributed by atoms with Crippen molar-refractivity contribution in [2.75, 3.05) is 33.9 Å².